The maximum absolute atomic E-state index is 12.3. The lowest BCUT2D eigenvalue weighted by molar-refractivity contribution is 0.601. The van der Waals surface area contributed by atoms with Gasteiger partial charge in [0.25, 0.3) is 10.0 Å². The molecule has 0 aliphatic carbocycles. The normalized spacial score (nSPS) is 11.3. The van der Waals surface area contributed by atoms with E-state index in [-0.39, 0.29) is 4.90 Å². The Morgan fingerprint density at radius 1 is 1.20 bits per heavy atom. The van der Waals surface area contributed by atoms with Crippen LogP contribution in [-0.4, -0.2) is 8.42 Å². The highest BCUT2D eigenvalue weighted by atomic mass is 127. The Kier molecular flexibility index (Phi) is 4.54. The summed E-state index contributed by atoms with van der Waals surface area (Å²) in [6, 6.07) is 12.0. The number of aryl methyl sites for hydroxylation is 1. The zero-order chi connectivity index (χ0) is 14.8. The predicted molar refractivity (Wildman–Crippen MR) is 90.2 cm³/mol. The van der Waals surface area contributed by atoms with Crippen LogP contribution in [0, 0.1) is 3.57 Å². The third-order valence-corrected chi connectivity index (χ3v) is 5.23. The molecule has 4 nitrogen and oxygen atoms in total. The standard InChI is InChI=1S/C14H15IN2O2S/c1-2-10-7-8-11(9-13(10)16)20(18,19)17-14-6-4-3-5-12(14)15/h3-9,17H,2,16H2,1H3. The average Bonchev–Trinajstić information content (AvgIpc) is 2.41. The van der Waals surface area contributed by atoms with Crippen LogP contribution in [0.2, 0.25) is 0 Å². The summed E-state index contributed by atoms with van der Waals surface area (Å²) in [5.74, 6) is 0. The van der Waals surface area contributed by atoms with Gasteiger partial charge in [-0.3, -0.25) is 4.72 Å². The second kappa shape index (κ2) is 6.01. The molecule has 0 saturated carbocycles. The zero-order valence-electron chi connectivity index (χ0n) is 10.9. The van der Waals surface area contributed by atoms with Crippen molar-refractivity contribution in [2.75, 3.05) is 10.5 Å². The van der Waals surface area contributed by atoms with E-state index in [4.69, 9.17) is 5.73 Å². The summed E-state index contributed by atoms with van der Waals surface area (Å²) in [4.78, 5) is 0.173. The van der Waals surface area contributed by atoms with Gasteiger partial charge in [0.05, 0.1) is 10.6 Å². The Morgan fingerprint density at radius 3 is 2.50 bits per heavy atom. The molecule has 0 saturated heterocycles. The van der Waals surface area contributed by atoms with E-state index in [0.29, 0.717) is 11.4 Å². The van der Waals surface area contributed by atoms with Gasteiger partial charge in [-0.1, -0.05) is 25.1 Å². The van der Waals surface area contributed by atoms with Crippen molar-refractivity contribution in [2.45, 2.75) is 18.2 Å². The Hall–Kier alpha value is -1.28. The number of rotatable bonds is 4. The van der Waals surface area contributed by atoms with Crippen LogP contribution in [0.3, 0.4) is 0 Å². The van der Waals surface area contributed by atoms with Crippen LogP contribution in [-0.2, 0) is 16.4 Å². The van der Waals surface area contributed by atoms with Crippen LogP contribution in [0.1, 0.15) is 12.5 Å². The first kappa shape index (κ1) is 15.1. The topological polar surface area (TPSA) is 72.2 Å². The van der Waals surface area contributed by atoms with Crippen molar-refractivity contribution in [2.24, 2.45) is 0 Å². The fourth-order valence-electron chi connectivity index (χ4n) is 1.81. The van der Waals surface area contributed by atoms with Gasteiger partial charge in [0, 0.05) is 9.26 Å². The minimum atomic E-state index is -3.62. The number of benzene rings is 2. The van der Waals surface area contributed by atoms with Gasteiger partial charge >= 0.3 is 0 Å². The highest BCUT2D eigenvalue weighted by molar-refractivity contribution is 14.1. The first-order chi connectivity index (χ1) is 9.44. The smallest absolute Gasteiger partial charge is 0.262 e. The van der Waals surface area contributed by atoms with Crippen LogP contribution in [0.25, 0.3) is 0 Å². The lowest BCUT2D eigenvalue weighted by Gasteiger charge is -2.11. The number of anilines is 2. The molecule has 0 bridgehead atoms. The van der Waals surface area contributed by atoms with E-state index in [1.165, 1.54) is 6.07 Å². The Balaban J connectivity index is 2.36. The van der Waals surface area contributed by atoms with Crippen molar-refractivity contribution < 1.29 is 8.42 Å². The molecule has 0 fully saturated rings. The Morgan fingerprint density at radius 2 is 1.90 bits per heavy atom. The van der Waals surface area contributed by atoms with Crippen molar-refractivity contribution in [3.8, 4) is 0 Å². The molecule has 6 heteroatoms. The van der Waals surface area contributed by atoms with Crippen LogP contribution in [0.5, 0.6) is 0 Å². The molecule has 0 heterocycles. The Labute approximate surface area is 132 Å². The lowest BCUT2D eigenvalue weighted by Crippen LogP contribution is -2.14. The number of para-hydroxylation sites is 1. The molecule has 0 atom stereocenters. The number of nitrogen functional groups attached to an aromatic ring is 1. The minimum Gasteiger partial charge on any atom is -0.398 e. The van der Waals surface area contributed by atoms with Gasteiger partial charge in [0.15, 0.2) is 0 Å². The third kappa shape index (κ3) is 3.24. The molecule has 2 rings (SSSR count). The largest absolute Gasteiger partial charge is 0.398 e. The third-order valence-electron chi connectivity index (χ3n) is 2.93. The van der Waals surface area contributed by atoms with Gasteiger partial charge in [-0.2, -0.15) is 0 Å². The summed E-state index contributed by atoms with van der Waals surface area (Å²) in [5, 5.41) is 0. The summed E-state index contributed by atoms with van der Waals surface area (Å²) >= 11 is 2.09. The molecule has 0 unspecified atom stereocenters. The van der Waals surface area contributed by atoms with Gasteiger partial charge in [-0.15, -0.1) is 0 Å². The summed E-state index contributed by atoms with van der Waals surface area (Å²) in [5.41, 5.74) is 7.86. The molecule has 2 aromatic rings. The van der Waals surface area contributed by atoms with Gasteiger partial charge in [-0.25, -0.2) is 8.42 Å². The molecule has 0 spiro atoms. The molecule has 0 aliphatic heterocycles. The quantitative estimate of drug-likeness (QED) is 0.609. The number of sulfonamides is 1. The van der Waals surface area contributed by atoms with E-state index in [0.717, 1.165) is 15.6 Å². The molecule has 0 aromatic heterocycles. The van der Waals surface area contributed by atoms with Gasteiger partial charge < -0.3 is 5.73 Å². The van der Waals surface area contributed by atoms with Crippen molar-refractivity contribution >= 4 is 44.0 Å². The maximum Gasteiger partial charge on any atom is 0.262 e. The second-order valence-electron chi connectivity index (χ2n) is 4.30. The summed E-state index contributed by atoms with van der Waals surface area (Å²) in [7, 11) is -3.62. The van der Waals surface area contributed by atoms with Crippen LogP contribution in [0.15, 0.2) is 47.4 Å². The number of nitrogens with one attached hydrogen (secondary N) is 1. The molecule has 106 valence electrons. The molecule has 0 radical (unpaired) electrons. The fourth-order valence-corrected chi connectivity index (χ4v) is 3.63. The Bertz CT molecular complexity index is 730. The van der Waals surface area contributed by atoms with Gasteiger partial charge in [-0.05, 0) is 58.8 Å². The molecular formula is C14H15IN2O2S. The summed E-state index contributed by atoms with van der Waals surface area (Å²) in [6.45, 7) is 1.98. The van der Waals surface area contributed by atoms with Crippen molar-refractivity contribution in [1.82, 2.24) is 0 Å². The monoisotopic (exact) mass is 402 g/mol. The van der Waals surface area contributed by atoms with E-state index in [2.05, 4.69) is 27.3 Å². The maximum atomic E-state index is 12.3. The molecule has 0 aliphatic rings. The number of halogens is 1. The fraction of sp³-hybridized carbons (Fsp3) is 0.143. The summed E-state index contributed by atoms with van der Waals surface area (Å²) in [6.07, 6.45) is 0.774. The lowest BCUT2D eigenvalue weighted by atomic mass is 10.1. The number of hydrogen-bond acceptors (Lipinski definition) is 3. The van der Waals surface area contributed by atoms with E-state index in [1.807, 2.05) is 19.1 Å². The molecular weight excluding hydrogens is 387 g/mol. The first-order valence-electron chi connectivity index (χ1n) is 6.10. The predicted octanol–water partition coefficient (Wildman–Crippen LogP) is 3.24. The van der Waals surface area contributed by atoms with Crippen LogP contribution >= 0.6 is 22.6 Å². The van der Waals surface area contributed by atoms with Gasteiger partial charge in [0.2, 0.25) is 0 Å². The average molecular weight is 402 g/mol. The second-order valence-corrected chi connectivity index (χ2v) is 7.14. The first-order valence-corrected chi connectivity index (χ1v) is 8.66. The molecule has 20 heavy (non-hydrogen) atoms. The number of hydrogen-bond donors (Lipinski definition) is 2. The SMILES string of the molecule is CCc1ccc(S(=O)(=O)Nc2ccccc2I)cc1N. The molecule has 0 amide bonds. The van der Waals surface area contributed by atoms with Crippen LogP contribution in [0.4, 0.5) is 11.4 Å². The van der Waals surface area contributed by atoms with Crippen LogP contribution < -0.4 is 10.5 Å². The highest BCUT2D eigenvalue weighted by Crippen LogP contribution is 2.23. The van der Waals surface area contributed by atoms with E-state index in [9.17, 15) is 8.42 Å². The van der Waals surface area contributed by atoms with E-state index >= 15 is 0 Å². The highest BCUT2D eigenvalue weighted by Gasteiger charge is 2.16. The number of nitrogens with two attached hydrogens (primary N) is 1. The van der Waals surface area contributed by atoms with Crippen molar-refractivity contribution in [3.63, 3.8) is 0 Å². The summed E-state index contributed by atoms with van der Waals surface area (Å²) < 4.78 is 28.1. The van der Waals surface area contributed by atoms with E-state index < -0.39 is 10.0 Å². The molecule has 2 aromatic carbocycles. The molecule has 3 N–H and O–H groups in total. The van der Waals surface area contributed by atoms with E-state index in [1.54, 1.807) is 24.3 Å². The van der Waals surface area contributed by atoms with Crippen molar-refractivity contribution in [3.05, 3.63) is 51.6 Å². The minimum absolute atomic E-state index is 0.173. The zero-order valence-corrected chi connectivity index (χ0v) is 13.9. The van der Waals surface area contributed by atoms with Gasteiger partial charge in [0.1, 0.15) is 0 Å². The van der Waals surface area contributed by atoms with Crippen molar-refractivity contribution in [1.29, 1.82) is 0 Å².